The summed E-state index contributed by atoms with van der Waals surface area (Å²) in [4.78, 5) is 6.37. The summed E-state index contributed by atoms with van der Waals surface area (Å²) >= 11 is 0. The van der Waals surface area contributed by atoms with E-state index < -0.39 is 6.61 Å². The van der Waals surface area contributed by atoms with Crippen molar-refractivity contribution in [1.29, 1.82) is 0 Å². The highest BCUT2D eigenvalue weighted by atomic mass is 19.3. The molecule has 0 aliphatic carbocycles. The first-order valence-corrected chi connectivity index (χ1v) is 10.8. The fourth-order valence-electron chi connectivity index (χ4n) is 3.90. The maximum atomic E-state index is 12.7. The van der Waals surface area contributed by atoms with E-state index in [1.807, 2.05) is 29.2 Å². The molecular formula is C23H28F2N4O3. The van der Waals surface area contributed by atoms with Crippen molar-refractivity contribution in [3.63, 3.8) is 0 Å². The first-order valence-electron chi connectivity index (χ1n) is 10.8. The third-order valence-corrected chi connectivity index (χ3v) is 5.45. The predicted molar refractivity (Wildman–Crippen MR) is 119 cm³/mol. The van der Waals surface area contributed by atoms with Crippen molar-refractivity contribution in [2.45, 2.75) is 32.0 Å². The highest BCUT2D eigenvalue weighted by molar-refractivity contribution is 5.80. The Hall–Kier alpha value is -3.23. The molecule has 0 radical (unpaired) electrons. The van der Waals surface area contributed by atoms with Gasteiger partial charge < -0.3 is 29.7 Å². The molecule has 0 spiro atoms. The molecule has 1 atom stereocenters. The number of alkyl halides is 2. The van der Waals surface area contributed by atoms with Crippen LogP contribution in [0.5, 0.6) is 17.2 Å². The second-order valence-corrected chi connectivity index (χ2v) is 7.68. The van der Waals surface area contributed by atoms with Gasteiger partial charge in [0.2, 0.25) is 0 Å². The molecule has 1 saturated heterocycles. The third kappa shape index (κ3) is 5.52. The monoisotopic (exact) mass is 446 g/mol. The van der Waals surface area contributed by atoms with Crippen LogP contribution in [0.15, 0.2) is 47.5 Å². The highest BCUT2D eigenvalue weighted by Crippen LogP contribution is 2.32. The molecule has 0 bridgehead atoms. The fraction of sp³-hybridized carbons (Fsp3) is 0.435. The zero-order valence-electron chi connectivity index (χ0n) is 18.0. The van der Waals surface area contributed by atoms with Gasteiger partial charge >= 0.3 is 6.61 Å². The Morgan fingerprint density at radius 1 is 1.19 bits per heavy atom. The molecule has 0 aromatic heterocycles. The lowest BCUT2D eigenvalue weighted by Crippen LogP contribution is -2.44. The minimum Gasteiger partial charge on any atom is -0.490 e. The van der Waals surface area contributed by atoms with E-state index in [4.69, 9.17) is 9.47 Å². The van der Waals surface area contributed by atoms with Gasteiger partial charge in [0.25, 0.3) is 0 Å². The van der Waals surface area contributed by atoms with Gasteiger partial charge in [-0.15, -0.1) is 0 Å². The van der Waals surface area contributed by atoms with E-state index in [-0.39, 0.29) is 11.8 Å². The zero-order valence-corrected chi connectivity index (χ0v) is 18.0. The summed E-state index contributed by atoms with van der Waals surface area (Å²) in [6, 6.07) is 12.9. The molecule has 0 amide bonds. The Morgan fingerprint density at radius 2 is 2.00 bits per heavy atom. The van der Waals surface area contributed by atoms with Crippen LogP contribution in [0.4, 0.5) is 14.5 Å². The van der Waals surface area contributed by atoms with Crippen molar-refractivity contribution in [2.75, 3.05) is 38.3 Å². The lowest BCUT2D eigenvalue weighted by molar-refractivity contribution is -0.0495. The van der Waals surface area contributed by atoms with E-state index in [1.165, 1.54) is 0 Å². The van der Waals surface area contributed by atoms with Gasteiger partial charge in [-0.2, -0.15) is 8.78 Å². The van der Waals surface area contributed by atoms with Gasteiger partial charge in [0.1, 0.15) is 5.75 Å². The summed E-state index contributed by atoms with van der Waals surface area (Å²) in [6.45, 7) is 0.447. The molecule has 2 aliphatic rings. The number of fused-ring (bicyclic) bond motifs is 1. The number of para-hydroxylation sites is 2. The molecule has 4 rings (SSSR count). The molecule has 7 nitrogen and oxygen atoms in total. The minimum atomic E-state index is -2.85. The van der Waals surface area contributed by atoms with Crippen molar-refractivity contribution >= 4 is 11.6 Å². The Bertz CT molecular complexity index is 941. The smallest absolute Gasteiger partial charge is 0.387 e. The van der Waals surface area contributed by atoms with Gasteiger partial charge in [-0.3, -0.25) is 4.99 Å². The molecule has 1 fully saturated rings. The van der Waals surface area contributed by atoms with Crippen LogP contribution in [0.1, 0.15) is 18.4 Å². The number of nitrogens with zero attached hydrogens (tertiary/aromatic N) is 2. The number of rotatable bonds is 6. The van der Waals surface area contributed by atoms with Crippen molar-refractivity contribution in [2.24, 2.45) is 4.99 Å². The maximum absolute atomic E-state index is 12.7. The Balaban J connectivity index is 1.32. The lowest BCUT2D eigenvalue weighted by atomic mass is 10.2. The molecule has 32 heavy (non-hydrogen) atoms. The van der Waals surface area contributed by atoms with Crippen LogP contribution < -0.4 is 29.7 Å². The van der Waals surface area contributed by atoms with Crippen molar-refractivity contribution in [3.05, 3.63) is 48.0 Å². The van der Waals surface area contributed by atoms with E-state index in [0.717, 1.165) is 36.4 Å². The first-order chi connectivity index (χ1) is 15.6. The normalized spacial score (nSPS) is 18.4. The summed E-state index contributed by atoms with van der Waals surface area (Å²) in [7, 11) is 1.72. The number of benzene rings is 2. The molecule has 1 unspecified atom stereocenters. The van der Waals surface area contributed by atoms with Crippen molar-refractivity contribution in [3.8, 4) is 17.2 Å². The number of nitrogens with one attached hydrogen (secondary N) is 2. The van der Waals surface area contributed by atoms with Gasteiger partial charge in [0.15, 0.2) is 17.5 Å². The summed E-state index contributed by atoms with van der Waals surface area (Å²) in [5.74, 6) is 2.41. The summed E-state index contributed by atoms with van der Waals surface area (Å²) < 4.78 is 41.6. The van der Waals surface area contributed by atoms with Crippen LogP contribution in [-0.2, 0) is 6.54 Å². The first kappa shape index (κ1) is 22.0. The number of aliphatic imine (C=N–C) groups is 1. The molecular weight excluding hydrogens is 418 g/mol. The van der Waals surface area contributed by atoms with Crippen LogP contribution in [0.25, 0.3) is 0 Å². The van der Waals surface area contributed by atoms with Gasteiger partial charge in [-0.25, -0.2) is 0 Å². The zero-order chi connectivity index (χ0) is 22.3. The maximum Gasteiger partial charge on any atom is 0.387 e. The molecule has 2 aromatic carbocycles. The molecule has 0 saturated carbocycles. The second-order valence-electron chi connectivity index (χ2n) is 7.68. The molecule has 2 N–H and O–H groups in total. The molecule has 9 heteroatoms. The summed E-state index contributed by atoms with van der Waals surface area (Å²) in [5.41, 5.74) is 1.73. The van der Waals surface area contributed by atoms with Crippen LogP contribution in [0.3, 0.4) is 0 Å². The van der Waals surface area contributed by atoms with Crippen LogP contribution in [-0.4, -0.2) is 52.0 Å². The van der Waals surface area contributed by atoms with Crippen molar-refractivity contribution < 1.29 is 23.0 Å². The fourth-order valence-corrected chi connectivity index (χ4v) is 3.90. The number of guanidine groups is 1. The molecule has 172 valence electrons. The van der Waals surface area contributed by atoms with Gasteiger partial charge in [-0.05, 0) is 36.2 Å². The Labute approximate surface area is 186 Å². The van der Waals surface area contributed by atoms with Crippen molar-refractivity contribution in [1.82, 2.24) is 10.6 Å². The minimum absolute atomic E-state index is 0.129. The quantitative estimate of drug-likeness (QED) is 0.524. The SMILES string of the molecule is CN=C(NCc1ccc2c(c1)OCCCO2)NC1CCN(c2ccccc2OC(F)F)C1. The average Bonchev–Trinajstić information content (AvgIpc) is 3.12. The largest absolute Gasteiger partial charge is 0.490 e. The van der Waals surface area contributed by atoms with Crippen LogP contribution >= 0.6 is 0 Å². The summed E-state index contributed by atoms with van der Waals surface area (Å²) in [5, 5.41) is 6.75. The summed E-state index contributed by atoms with van der Waals surface area (Å²) in [6.07, 6.45) is 1.73. The third-order valence-electron chi connectivity index (χ3n) is 5.45. The van der Waals surface area contributed by atoms with Crippen LogP contribution in [0, 0.1) is 0 Å². The average molecular weight is 446 g/mol. The van der Waals surface area contributed by atoms with Gasteiger partial charge in [0.05, 0.1) is 18.9 Å². The molecule has 2 aromatic rings. The topological polar surface area (TPSA) is 67.4 Å². The molecule has 2 aliphatic heterocycles. The van der Waals surface area contributed by atoms with E-state index >= 15 is 0 Å². The van der Waals surface area contributed by atoms with Gasteiger partial charge in [-0.1, -0.05) is 18.2 Å². The van der Waals surface area contributed by atoms with Gasteiger partial charge in [0, 0.05) is 39.1 Å². The van der Waals surface area contributed by atoms with E-state index in [9.17, 15) is 8.78 Å². The van der Waals surface area contributed by atoms with Crippen LogP contribution in [0.2, 0.25) is 0 Å². The van der Waals surface area contributed by atoms with E-state index in [0.29, 0.717) is 38.0 Å². The number of hydrogen-bond acceptors (Lipinski definition) is 5. The standard InChI is InChI=1S/C23H28F2N4O3/c1-26-23(27-14-16-7-8-20-21(13-16)31-12-4-11-30-20)28-17-9-10-29(15-17)18-5-2-3-6-19(18)32-22(24)25/h2-3,5-8,13,17,22H,4,9-12,14-15H2,1H3,(H2,26,27,28). The number of ether oxygens (including phenoxy) is 3. The number of anilines is 1. The van der Waals surface area contributed by atoms with E-state index in [1.54, 1.807) is 25.2 Å². The number of hydrogen-bond donors (Lipinski definition) is 2. The molecule has 2 heterocycles. The Morgan fingerprint density at radius 3 is 2.81 bits per heavy atom. The van der Waals surface area contributed by atoms with E-state index in [2.05, 4.69) is 20.4 Å². The predicted octanol–water partition coefficient (Wildman–Crippen LogP) is 3.39. The Kier molecular flexibility index (Phi) is 7.14. The lowest BCUT2D eigenvalue weighted by Gasteiger charge is -2.22. The number of halogens is 2. The highest BCUT2D eigenvalue weighted by Gasteiger charge is 2.26. The second kappa shape index (κ2) is 10.4.